The van der Waals surface area contributed by atoms with Crippen LogP contribution in [0.2, 0.25) is 0 Å². The van der Waals surface area contributed by atoms with Crippen LogP contribution in [0.4, 0.5) is 0 Å². The molecule has 4 nitrogen and oxygen atoms in total. The van der Waals surface area contributed by atoms with E-state index in [0.29, 0.717) is 18.9 Å². The Labute approximate surface area is 97.2 Å². The quantitative estimate of drug-likeness (QED) is 0.672. The predicted molar refractivity (Wildman–Crippen MR) is 62.9 cm³/mol. The normalized spacial score (nSPS) is 21.3. The molecule has 1 aliphatic heterocycles. The van der Waals surface area contributed by atoms with E-state index in [4.69, 9.17) is 0 Å². The minimum absolute atomic E-state index is 0.148. The molecule has 1 fully saturated rings. The number of hydrogen-bond acceptors (Lipinski definition) is 3. The molecular weight excluding hydrogens is 204 g/mol. The molecule has 0 bridgehead atoms. The summed E-state index contributed by atoms with van der Waals surface area (Å²) in [7, 11) is 0. The number of rotatable bonds is 6. The average molecular weight is 226 g/mol. The van der Waals surface area contributed by atoms with Crippen LogP contribution >= 0.6 is 0 Å². The maximum atomic E-state index is 11.6. The van der Waals surface area contributed by atoms with E-state index >= 15 is 0 Å². The summed E-state index contributed by atoms with van der Waals surface area (Å²) in [5, 5.41) is 5.74. The molecule has 1 atom stereocenters. The molecule has 0 spiro atoms. The number of carbonyl (C=O) groups is 2. The van der Waals surface area contributed by atoms with Crippen LogP contribution in [0.3, 0.4) is 0 Å². The minimum Gasteiger partial charge on any atom is -0.303 e. The number of amides is 2. The van der Waals surface area contributed by atoms with E-state index in [9.17, 15) is 9.59 Å². The van der Waals surface area contributed by atoms with Crippen molar-refractivity contribution in [3.8, 4) is 0 Å². The maximum absolute atomic E-state index is 11.6. The predicted octanol–water partition coefficient (Wildman–Crippen LogP) is 1.35. The molecule has 1 saturated heterocycles. The molecule has 2 amide bonds. The highest BCUT2D eigenvalue weighted by atomic mass is 16.2. The molecule has 16 heavy (non-hydrogen) atoms. The van der Waals surface area contributed by atoms with Crippen LogP contribution in [0.5, 0.6) is 0 Å². The van der Waals surface area contributed by atoms with Gasteiger partial charge in [0.25, 0.3) is 0 Å². The van der Waals surface area contributed by atoms with Crippen LogP contribution in [-0.2, 0) is 9.59 Å². The third kappa shape index (κ3) is 3.93. The number of piperidine rings is 1. The molecule has 0 aromatic heterocycles. The molecule has 1 unspecified atom stereocenters. The van der Waals surface area contributed by atoms with Crippen LogP contribution < -0.4 is 10.6 Å². The third-order valence-corrected chi connectivity index (χ3v) is 2.95. The summed E-state index contributed by atoms with van der Waals surface area (Å²) in [6.45, 7) is 4.30. The fourth-order valence-corrected chi connectivity index (χ4v) is 2.15. The largest absolute Gasteiger partial charge is 0.303 e. The number of carbonyl (C=O) groups excluding carboxylic acids is 2. The van der Waals surface area contributed by atoms with E-state index in [1.807, 2.05) is 0 Å². The SMILES string of the molecule is CCCC(CCC)NC1CCC(=O)NC1=O. The van der Waals surface area contributed by atoms with Gasteiger partial charge in [0.05, 0.1) is 6.04 Å². The Morgan fingerprint density at radius 2 is 1.94 bits per heavy atom. The van der Waals surface area contributed by atoms with Crippen LogP contribution in [0, 0.1) is 0 Å². The van der Waals surface area contributed by atoms with Gasteiger partial charge in [0.2, 0.25) is 11.8 Å². The van der Waals surface area contributed by atoms with Crippen molar-refractivity contribution in [1.82, 2.24) is 10.6 Å². The van der Waals surface area contributed by atoms with Gasteiger partial charge in [0, 0.05) is 12.5 Å². The van der Waals surface area contributed by atoms with Gasteiger partial charge in [-0.15, -0.1) is 0 Å². The Morgan fingerprint density at radius 1 is 1.31 bits per heavy atom. The molecule has 0 aromatic carbocycles. The van der Waals surface area contributed by atoms with Gasteiger partial charge in [0.15, 0.2) is 0 Å². The zero-order chi connectivity index (χ0) is 12.0. The molecule has 0 aliphatic carbocycles. The molecule has 1 aliphatic rings. The van der Waals surface area contributed by atoms with Crippen molar-refractivity contribution in [2.45, 2.75) is 64.5 Å². The van der Waals surface area contributed by atoms with Crippen LogP contribution in [0.1, 0.15) is 52.4 Å². The molecule has 0 saturated carbocycles. The summed E-state index contributed by atoms with van der Waals surface area (Å²) in [5.74, 6) is -0.306. The second-order valence-electron chi connectivity index (χ2n) is 4.44. The fourth-order valence-electron chi connectivity index (χ4n) is 2.15. The lowest BCUT2D eigenvalue weighted by atomic mass is 10.0. The summed E-state index contributed by atoms with van der Waals surface area (Å²) >= 11 is 0. The number of hydrogen-bond donors (Lipinski definition) is 2. The van der Waals surface area contributed by atoms with Crippen LogP contribution in [0.15, 0.2) is 0 Å². The van der Waals surface area contributed by atoms with Crippen LogP contribution in [0.25, 0.3) is 0 Å². The highest BCUT2D eigenvalue weighted by Gasteiger charge is 2.27. The van der Waals surface area contributed by atoms with Gasteiger partial charge in [-0.2, -0.15) is 0 Å². The van der Waals surface area contributed by atoms with Crippen molar-refractivity contribution in [1.29, 1.82) is 0 Å². The minimum atomic E-state index is -0.180. The van der Waals surface area contributed by atoms with E-state index in [-0.39, 0.29) is 17.9 Å². The van der Waals surface area contributed by atoms with Gasteiger partial charge in [-0.25, -0.2) is 0 Å². The topological polar surface area (TPSA) is 58.2 Å². The summed E-state index contributed by atoms with van der Waals surface area (Å²) in [5.41, 5.74) is 0. The van der Waals surface area contributed by atoms with Gasteiger partial charge in [-0.3, -0.25) is 14.9 Å². The second kappa shape index (κ2) is 6.63. The lowest BCUT2D eigenvalue weighted by Gasteiger charge is -2.27. The molecule has 0 aromatic rings. The summed E-state index contributed by atoms with van der Waals surface area (Å²) in [6.07, 6.45) is 5.50. The zero-order valence-electron chi connectivity index (χ0n) is 10.2. The molecule has 2 N–H and O–H groups in total. The summed E-state index contributed by atoms with van der Waals surface area (Å²) in [4.78, 5) is 22.6. The van der Waals surface area contributed by atoms with Crippen molar-refractivity contribution in [3.63, 3.8) is 0 Å². The Hall–Kier alpha value is -0.900. The van der Waals surface area contributed by atoms with E-state index in [2.05, 4.69) is 24.5 Å². The average Bonchev–Trinajstić information content (AvgIpc) is 2.23. The van der Waals surface area contributed by atoms with Gasteiger partial charge >= 0.3 is 0 Å². The Morgan fingerprint density at radius 3 is 2.44 bits per heavy atom. The van der Waals surface area contributed by atoms with Crippen molar-refractivity contribution in [2.75, 3.05) is 0 Å². The highest BCUT2D eigenvalue weighted by molar-refractivity contribution is 6.00. The van der Waals surface area contributed by atoms with Gasteiger partial charge < -0.3 is 5.32 Å². The first-order chi connectivity index (χ1) is 7.67. The van der Waals surface area contributed by atoms with Gasteiger partial charge in [0.1, 0.15) is 0 Å². The lowest BCUT2D eigenvalue weighted by Crippen LogP contribution is -2.53. The molecule has 4 heteroatoms. The molecular formula is C12H22N2O2. The molecule has 0 radical (unpaired) electrons. The second-order valence-corrected chi connectivity index (χ2v) is 4.44. The van der Waals surface area contributed by atoms with Gasteiger partial charge in [-0.1, -0.05) is 26.7 Å². The maximum Gasteiger partial charge on any atom is 0.243 e. The Kier molecular flexibility index (Phi) is 5.46. The monoisotopic (exact) mass is 226 g/mol. The molecule has 1 rings (SSSR count). The lowest BCUT2D eigenvalue weighted by molar-refractivity contribution is -0.134. The smallest absolute Gasteiger partial charge is 0.243 e. The van der Waals surface area contributed by atoms with E-state index in [1.54, 1.807) is 0 Å². The zero-order valence-corrected chi connectivity index (χ0v) is 10.2. The van der Waals surface area contributed by atoms with E-state index < -0.39 is 0 Å². The van der Waals surface area contributed by atoms with E-state index in [1.165, 1.54) is 0 Å². The number of imide groups is 1. The first kappa shape index (κ1) is 13.2. The summed E-state index contributed by atoms with van der Waals surface area (Å²) < 4.78 is 0. The van der Waals surface area contributed by atoms with Gasteiger partial charge in [-0.05, 0) is 19.3 Å². The first-order valence-corrected chi connectivity index (χ1v) is 6.27. The third-order valence-electron chi connectivity index (χ3n) is 2.95. The first-order valence-electron chi connectivity index (χ1n) is 6.27. The highest BCUT2D eigenvalue weighted by Crippen LogP contribution is 2.10. The molecule has 1 heterocycles. The molecule has 92 valence electrons. The Balaban J connectivity index is 2.43. The number of nitrogens with one attached hydrogen (secondary N) is 2. The van der Waals surface area contributed by atoms with E-state index in [0.717, 1.165) is 25.7 Å². The van der Waals surface area contributed by atoms with Crippen molar-refractivity contribution in [2.24, 2.45) is 0 Å². The standard InChI is InChI=1S/C12H22N2O2/c1-3-5-9(6-4-2)13-10-7-8-11(15)14-12(10)16/h9-10,13H,3-8H2,1-2H3,(H,14,15,16). The van der Waals surface area contributed by atoms with Crippen molar-refractivity contribution in [3.05, 3.63) is 0 Å². The van der Waals surface area contributed by atoms with Crippen molar-refractivity contribution >= 4 is 11.8 Å². The van der Waals surface area contributed by atoms with Crippen LogP contribution in [-0.4, -0.2) is 23.9 Å². The Bertz CT molecular complexity index is 247. The van der Waals surface area contributed by atoms with Crippen molar-refractivity contribution < 1.29 is 9.59 Å². The summed E-state index contributed by atoms with van der Waals surface area (Å²) in [6, 6.07) is 0.222. The fraction of sp³-hybridized carbons (Fsp3) is 0.833.